The third kappa shape index (κ3) is 5.87. The second-order valence-electron chi connectivity index (χ2n) is 13.7. The molecule has 1 fully saturated rings. The van der Waals surface area contributed by atoms with Crippen LogP contribution in [-0.2, 0) is 25.4 Å². The molecule has 2 heterocycles. The second kappa shape index (κ2) is 15.0. The van der Waals surface area contributed by atoms with Crippen LogP contribution in [0, 0.1) is 0 Å². The Morgan fingerprint density at radius 3 is 2.09 bits per heavy atom. The molecule has 0 radical (unpaired) electrons. The number of nitrogens with zero attached hydrogens (tertiary/aromatic N) is 1. The zero-order valence-corrected chi connectivity index (χ0v) is 31.4. The molecule has 5 aromatic carbocycles. The van der Waals surface area contributed by atoms with Gasteiger partial charge in [-0.25, -0.2) is 0 Å². The Morgan fingerprint density at radius 2 is 1.46 bits per heavy atom. The van der Waals surface area contributed by atoms with E-state index in [2.05, 4.69) is 84.6 Å². The second-order valence-corrected chi connectivity index (χ2v) is 13.7. The summed E-state index contributed by atoms with van der Waals surface area (Å²) in [5, 5.41) is 11.4. The summed E-state index contributed by atoms with van der Waals surface area (Å²) in [5.74, 6) is 3.04. The highest BCUT2D eigenvalue weighted by Crippen LogP contribution is 2.60. The van der Waals surface area contributed by atoms with Crippen LogP contribution in [0.5, 0.6) is 23.0 Å². The predicted molar refractivity (Wildman–Crippen MR) is 210 cm³/mol. The summed E-state index contributed by atoms with van der Waals surface area (Å²) in [7, 11) is 5.08. The zero-order valence-electron chi connectivity index (χ0n) is 31.4. The molecule has 3 aliphatic rings. The normalized spacial score (nSPS) is 18.1. The molecule has 1 atom stereocenters. The smallest absolute Gasteiger partial charge is 0.178 e. The first-order valence-corrected chi connectivity index (χ1v) is 18.7. The first-order valence-electron chi connectivity index (χ1n) is 18.7. The average Bonchev–Trinajstić information content (AvgIpc) is 3.53. The molecule has 9 nitrogen and oxygen atoms in total. The van der Waals surface area contributed by atoms with Crippen LogP contribution >= 0.6 is 0 Å². The van der Waals surface area contributed by atoms with Crippen LogP contribution in [0.3, 0.4) is 0 Å². The fraction of sp³-hybridized carbons (Fsp3) is 0.333. The summed E-state index contributed by atoms with van der Waals surface area (Å²) in [4.78, 5) is 2.34. The molecule has 0 amide bonds. The van der Waals surface area contributed by atoms with Gasteiger partial charge in [0.2, 0.25) is 0 Å². The molecule has 54 heavy (non-hydrogen) atoms. The van der Waals surface area contributed by atoms with Crippen molar-refractivity contribution >= 4 is 22.5 Å². The maximum atomic E-state index is 9.36. The lowest BCUT2D eigenvalue weighted by atomic mass is 9.79. The lowest BCUT2D eigenvalue weighted by Gasteiger charge is -2.39. The Balaban J connectivity index is 1.42. The van der Waals surface area contributed by atoms with Gasteiger partial charge in [0.05, 0.1) is 66.7 Å². The topological polar surface area (TPSA) is 88.1 Å². The predicted octanol–water partition coefficient (Wildman–Crippen LogP) is 7.71. The van der Waals surface area contributed by atoms with Gasteiger partial charge in [-0.2, -0.15) is 0 Å². The summed E-state index contributed by atoms with van der Waals surface area (Å²) in [6.45, 7) is 5.94. The van der Waals surface area contributed by atoms with Crippen LogP contribution in [0.1, 0.15) is 41.2 Å². The van der Waals surface area contributed by atoms with Crippen LogP contribution in [0.15, 0.2) is 91.0 Å². The van der Waals surface area contributed by atoms with E-state index < -0.39 is 11.2 Å². The fourth-order valence-corrected chi connectivity index (χ4v) is 8.47. The first kappa shape index (κ1) is 35.9. The van der Waals surface area contributed by atoms with Gasteiger partial charge in [0.25, 0.3) is 0 Å². The van der Waals surface area contributed by atoms with Gasteiger partial charge < -0.3 is 43.2 Å². The molecule has 1 N–H and O–H groups in total. The maximum Gasteiger partial charge on any atom is 0.178 e. The molecule has 1 unspecified atom stereocenters. The zero-order chi connectivity index (χ0) is 37.3. The Kier molecular flexibility index (Phi) is 9.98. The van der Waals surface area contributed by atoms with Crippen LogP contribution in [0.4, 0.5) is 5.69 Å². The minimum atomic E-state index is -0.998. The Hall–Kier alpha value is -5.06. The van der Waals surface area contributed by atoms with Crippen LogP contribution < -0.4 is 23.8 Å². The van der Waals surface area contributed by atoms with Crippen LogP contribution in [-0.4, -0.2) is 79.2 Å². The highest BCUT2D eigenvalue weighted by Gasteiger charge is 2.49. The summed E-state index contributed by atoms with van der Waals surface area (Å²) in [5.41, 5.74) is 6.53. The quantitative estimate of drug-likeness (QED) is 0.123. The van der Waals surface area contributed by atoms with Crippen molar-refractivity contribution in [1.82, 2.24) is 0 Å². The minimum absolute atomic E-state index is 0.0364. The van der Waals surface area contributed by atoms with Gasteiger partial charge in [0.1, 0.15) is 28.6 Å². The number of rotatable bonds is 13. The Bertz CT molecular complexity index is 2110. The number of hydrogen-bond acceptors (Lipinski definition) is 9. The van der Waals surface area contributed by atoms with E-state index in [4.69, 9.17) is 33.2 Å². The fourth-order valence-electron chi connectivity index (χ4n) is 8.47. The highest BCUT2D eigenvalue weighted by molar-refractivity contribution is 6.10. The molecule has 1 aliphatic carbocycles. The van der Waals surface area contributed by atoms with E-state index in [1.54, 1.807) is 21.3 Å². The van der Waals surface area contributed by atoms with Gasteiger partial charge in [-0.05, 0) is 71.0 Å². The van der Waals surface area contributed by atoms with Gasteiger partial charge in [-0.3, -0.25) is 0 Å². The molecule has 0 aromatic heterocycles. The van der Waals surface area contributed by atoms with Gasteiger partial charge in [0, 0.05) is 40.7 Å². The number of benzene rings is 5. The van der Waals surface area contributed by atoms with Crippen molar-refractivity contribution in [1.29, 1.82) is 0 Å². The van der Waals surface area contributed by atoms with Gasteiger partial charge in [-0.1, -0.05) is 61.5 Å². The summed E-state index contributed by atoms with van der Waals surface area (Å²) < 4.78 is 43.4. The number of ether oxygens (including phenoxy) is 7. The largest absolute Gasteiger partial charge is 0.497 e. The van der Waals surface area contributed by atoms with Crippen molar-refractivity contribution in [2.75, 3.05) is 79.0 Å². The number of methoxy groups -OCH3 is 3. The molecular weight excluding hydrogens is 682 g/mol. The van der Waals surface area contributed by atoms with Crippen LogP contribution in [0.25, 0.3) is 28.0 Å². The number of aliphatic hydroxyl groups excluding tert-OH is 1. The minimum Gasteiger partial charge on any atom is -0.497 e. The van der Waals surface area contributed by atoms with Gasteiger partial charge >= 0.3 is 0 Å². The van der Waals surface area contributed by atoms with Crippen molar-refractivity contribution in [2.45, 2.75) is 24.5 Å². The van der Waals surface area contributed by atoms with Crippen molar-refractivity contribution in [3.63, 3.8) is 0 Å². The average molecular weight is 730 g/mol. The summed E-state index contributed by atoms with van der Waals surface area (Å²) in [6.07, 6.45) is 5.06. The maximum absolute atomic E-state index is 9.36. The third-order valence-corrected chi connectivity index (χ3v) is 11.1. The van der Waals surface area contributed by atoms with Crippen molar-refractivity contribution in [3.8, 4) is 34.1 Å². The molecule has 9 heteroatoms. The summed E-state index contributed by atoms with van der Waals surface area (Å²) in [6, 6.07) is 29.1. The summed E-state index contributed by atoms with van der Waals surface area (Å²) >= 11 is 0. The molecule has 2 aliphatic heterocycles. The van der Waals surface area contributed by atoms with E-state index in [-0.39, 0.29) is 13.2 Å². The molecular formula is C45H47NO8. The van der Waals surface area contributed by atoms with E-state index in [1.807, 2.05) is 24.3 Å². The number of anilines is 1. The van der Waals surface area contributed by atoms with Crippen LogP contribution in [0.2, 0.25) is 0 Å². The third-order valence-electron chi connectivity index (χ3n) is 11.1. The number of fused-ring (bicyclic) bond motifs is 8. The molecule has 8 rings (SSSR count). The van der Waals surface area contributed by atoms with Crippen molar-refractivity contribution in [3.05, 3.63) is 119 Å². The van der Waals surface area contributed by atoms with Crippen molar-refractivity contribution < 1.29 is 38.3 Å². The van der Waals surface area contributed by atoms with Gasteiger partial charge in [-0.15, -0.1) is 0 Å². The first-order chi connectivity index (χ1) is 26.5. The van der Waals surface area contributed by atoms with Gasteiger partial charge in [0.15, 0.2) is 5.60 Å². The lowest BCUT2D eigenvalue weighted by molar-refractivity contribution is -0.0499. The SMILES string of the molecule is CCC1(OCCOCCO)c2ccccc2-c2c1c1c(c3cc(OC)c(N4CCOCC4)cc23)OC(c2ccc(OC)cc2)(c2ccc(OC)cc2)C=C1. The van der Waals surface area contributed by atoms with E-state index in [1.165, 1.54) is 0 Å². The number of morpholine rings is 1. The van der Waals surface area contributed by atoms with E-state index in [9.17, 15) is 5.11 Å². The Labute approximate surface area is 316 Å². The van der Waals surface area contributed by atoms with E-state index in [0.29, 0.717) is 32.8 Å². The Morgan fingerprint density at radius 1 is 0.778 bits per heavy atom. The van der Waals surface area contributed by atoms with E-state index in [0.717, 1.165) is 91.5 Å². The molecule has 1 saturated heterocycles. The highest BCUT2D eigenvalue weighted by atomic mass is 16.5. The monoisotopic (exact) mass is 729 g/mol. The van der Waals surface area contributed by atoms with Crippen molar-refractivity contribution in [2.24, 2.45) is 0 Å². The molecule has 0 bridgehead atoms. The number of hydrogen-bond donors (Lipinski definition) is 1. The molecule has 280 valence electrons. The standard InChI is InChI=1S/C45H47NO8/c1-5-44(53-27-26-52-25-22-47)38-9-7-6-8-34(38)41-36-28-39(46-20-23-51-24-21-46)40(50-4)29-37(36)43-35(42(41)44)18-19-45(54-43,30-10-14-32(48-2)15-11-30)31-12-16-33(49-3)17-13-31/h6-19,28-29,47H,5,20-27H2,1-4H3. The van der Waals surface area contributed by atoms with E-state index >= 15 is 0 Å². The molecule has 5 aromatic rings. The molecule has 0 spiro atoms. The lowest BCUT2D eigenvalue weighted by Crippen LogP contribution is -2.36. The molecule has 0 saturated carbocycles. The number of aliphatic hydroxyl groups is 1.